The van der Waals surface area contributed by atoms with Crippen LogP contribution in [0.2, 0.25) is 0 Å². The van der Waals surface area contributed by atoms with Crippen molar-refractivity contribution in [3.8, 4) is 0 Å². The Hall–Kier alpha value is -2.39. The van der Waals surface area contributed by atoms with Crippen LogP contribution in [0.4, 0.5) is 0 Å². The maximum Gasteiger partial charge on any atom is 0.253 e. The van der Waals surface area contributed by atoms with Crippen LogP contribution in [0.5, 0.6) is 0 Å². The average molecular weight is 455 g/mol. The second-order valence-electron chi connectivity index (χ2n) is 9.58. The standard InChI is InChI=1S/C25H32N4O4.H2/c1-32-18-28-16-21(22-26-12-3-13-27-22)33-24(17-28)10-14-29(15-11-24)23(30)19-4-6-20(7-5-19)25(31)8-2-9-25;/h3-7,12-13,21,31H,2,8-11,14-18H2,1H3;1H. The number of hydrogen-bond donors (Lipinski definition) is 1. The van der Waals surface area contributed by atoms with Crippen LogP contribution in [0.25, 0.3) is 0 Å². The number of morpholine rings is 1. The Bertz CT molecular complexity index is 963. The maximum atomic E-state index is 13.1. The molecule has 3 heterocycles. The summed E-state index contributed by atoms with van der Waals surface area (Å²) in [4.78, 5) is 26.1. The van der Waals surface area contributed by atoms with Crippen molar-refractivity contribution >= 4 is 5.91 Å². The minimum absolute atomic E-state index is 0. The maximum absolute atomic E-state index is 13.1. The molecule has 1 N–H and O–H groups in total. The van der Waals surface area contributed by atoms with E-state index in [4.69, 9.17) is 9.47 Å². The minimum Gasteiger partial charge on any atom is -0.385 e. The fourth-order valence-corrected chi connectivity index (χ4v) is 5.27. The van der Waals surface area contributed by atoms with E-state index in [1.165, 1.54) is 0 Å². The predicted molar refractivity (Wildman–Crippen MR) is 123 cm³/mol. The van der Waals surface area contributed by atoms with Crippen LogP contribution in [0.15, 0.2) is 42.7 Å². The van der Waals surface area contributed by atoms with E-state index < -0.39 is 5.60 Å². The highest BCUT2D eigenvalue weighted by Crippen LogP contribution is 2.41. The number of amides is 1. The van der Waals surface area contributed by atoms with Gasteiger partial charge in [-0.3, -0.25) is 9.69 Å². The topological polar surface area (TPSA) is 88.0 Å². The van der Waals surface area contributed by atoms with Gasteiger partial charge in [-0.1, -0.05) is 12.1 Å². The van der Waals surface area contributed by atoms with Crippen molar-refractivity contribution in [3.05, 3.63) is 59.7 Å². The van der Waals surface area contributed by atoms with E-state index in [1.54, 1.807) is 25.6 Å². The summed E-state index contributed by atoms with van der Waals surface area (Å²) in [6.45, 7) is 3.23. The highest BCUT2D eigenvalue weighted by molar-refractivity contribution is 5.94. The molecule has 8 nitrogen and oxygen atoms in total. The van der Waals surface area contributed by atoms with Gasteiger partial charge >= 0.3 is 0 Å². The number of likely N-dealkylation sites (tertiary alicyclic amines) is 1. The lowest BCUT2D eigenvalue weighted by Gasteiger charge is -2.49. The summed E-state index contributed by atoms with van der Waals surface area (Å²) >= 11 is 0. The van der Waals surface area contributed by atoms with Crippen LogP contribution in [-0.2, 0) is 15.1 Å². The van der Waals surface area contributed by atoms with Crippen molar-refractivity contribution in [2.24, 2.45) is 0 Å². The Labute approximate surface area is 196 Å². The fraction of sp³-hybridized carbons (Fsp3) is 0.560. The Morgan fingerprint density at radius 2 is 1.88 bits per heavy atom. The molecule has 1 atom stereocenters. The molecule has 2 aromatic rings. The van der Waals surface area contributed by atoms with Gasteiger partial charge in [0.1, 0.15) is 6.10 Å². The SMILES string of the molecule is COCN1CC(c2ncccn2)OC2(CCN(C(=O)c3ccc(C4(O)CCC4)cc3)CC2)C1.[HH]. The number of nitrogens with zero attached hydrogens (tertiary/aromatic N) is 4. The second kappa shape index (κ2) is 9.10. The molecule has 1 aliphatic carbocycles. The number of methoxy groups -OCH3 is 1. The molecule has 178 valence electrons. The van der Waals surface area contributed by atoms with Crippen LogP contribution >= 0.6 is 0 Å². The molecule has 0 bridgehead atoms. The second-order valence-corrected chi connectivity index (χ2v) is 9.58. The van der Waals surface area contributed by atoms with Crippen molar-refractivity contribution in [2.45, 2.75) is 49.4 Å². The molecule has 1 spiro atoms. The average Bonchev–Trinajstić information content (AvgIpc) is 2.83. The van der Waals surface area contributed by atoms with Crippen LogP contribution in [-0.4, -0.2) is 76.4 Å². The number of ether oxygens (including phenoxy) is 2. The molecule has 3 aliphatic rings. The number of carbonyl (C=O) groups is 1. The van der Waals surface area contributed by atoms with Gasteiger partial charge in [-0.05, 0) is 55.9 Å². The van der Waals surface area contributed by atoms with E-state index in [-0.39, 0.29) is 19.0 Å². The molecule has 33 heavy (non-hydrogen) atoms. The van der Waals surface area contributed by atoms with Gasteiger partial charge in [-0.25, -0.2) is 9.97 Å². The smallest absolute Gasteiger partial charge is 0.253 e. The van der Waals surface area contributed by atoms with Gasteiger partial charge in [-0.15, -0.1) is 0 Å². The van der Waals surface area contributed by atoms with Gasteiger partial charge in [0.25, 0.3) is 5.91 Å². The normalized spacial score (nSPS) is 24.4. The Kier molecular flexibility index (Phi) is 6.18. The highest BCUT2D eigenvalue weighted by Gasteiger charge is 2.45. The van der Waals surface area contributed by atoms with Gasteiger partial charge < -0.3 is 19.5 Å². The first-order chi connectivity index (χ1) is 16.0. The number of aliphatic hydroxyl groups is 1. The first kappa shape index (κ1) is 22.4. The molecule has 3 fully saturated rings. The molecule has 8 heteroatoms. The van der Waals surface area contributed by atoms with Crippen molar-refractivity contribution in [2.75, 3.05) is 40.0 Å². The molecule has 2 aliphatic heterocycles. The summed E-state index contributed by atoms with van der Waals surface area (Å²) in [7, 11) is 1.70. The van der Waals surface area contributed by atoms with Crippen LogP contribution in [0.1, 0.15) is 61.4 Å². The molecular formula is C25H34N4O4. The van der Waals surface area contributed by atoms with E-state index in [2.05, 4.69) is 14.9 Å². The highest BCUT2D eigenvalue weighted by atomic mass is 16.5. The lowest BCUT2D eigenvalue weighted by Crippen LogP contribution is -2.58. The van der Waals surface area contributed by atoms with E-state index in [0.29, 0.717) is 37.8 Å². The molecule has 1 aromatic heterocycles. The predicted octanol–water partition coefficient (Wildman–Crippen LogP) is 2.75. The number of carbonyl (C=O) groups excluding carboxylic acids is 1. The molecule has 5 rings (SSSR count). The first-order valence-corrected chi connectivity index (χ1v) is 11.8. The van der Waals surface area contributed by atoms with Crippen molar-refractivity contribution in [1.29, 1.82) is 0 Å². The molecule has 2 saturated heterocycles. The van der Waals surface area contributed by atoms with Gasteiger partial charge in [0.15, 0.2) is 5.82 Å². The third-order valence-corrected chi connectivity index (χ3v) is 7.33. The zero-order chi connectivity index (χ0) is 22.9. The Morgan fingerprint density at radius 1 is 1.18 bits per heavy atom. The van der Waals surface area contributed by atoms with E-state index in [0.717, 1.165) is 44.2 Å². The molecule has 1 amide bonds. The monoisotopic (exact) mass is 454 g/mol. The summed E-state index contributed by atoms with van der Waals surface area (Å²) in [5.74, 6) is 0.717. The summed E-state index contributed by atoms with van der Waals surface area (Å²) in [6, 6.07) is 9.29. The van der Waals surface area contributed by atoms with Crippen molar-refractivity contribution in [3.63, 3.8) is 0 Å². The van der Waals surface area contributed by atoms with Crippen molar-refractivity contribution in [1.82, 2.24) is 19.8 Å². The van der Waals surface area contributed by atoms with Crippen molar-refractivity contribution < 1.29 is 20.8 Å². The Morgan fingerprint density at radius 3 is 2.48 bits per heavy atom. The number of hydrogen-bond acceptors (Lipinski definition) is 7. The van der Waals surface area contributed by atoms with E-state index in [9.17, 15) is 9.90 Å². The molecule has 0 radical (unpaired) electrons. The molecule has 1 aromatic carbocycles. The molecule has 1 unspecified atom stereocenters. The van der Waals surface area contributed by atoms with E-state index >= 15 is 0 Å². The largest absolute Gasteiger partial charge is 0.385 e. The molecular weight excluding hydrogens is 420 g/mol. The van der Waals surface area contributed by atoms with Gasteiger partial charge in [0.05, 0.1) is 17.9 Å². The quantitative estimate of drug-likeness (QED) is 0.743. The number of benzene rings is 1. The number of rotatable bonds is 5. The van der Waals surface area contributed by atoms with E-state index in [1.807, 2.05) is 29.2 Å². The number of aromatic nitrogens is 2. The zero-order valence-corrected chi connectivity index (χ0v) is 19.2. The zero-order valence-electron chi connectivity index (χ0n) is 19.2. The van der Waals surface area contributed by atoms with Gasteiger partial charge in [0.2, 0.25) is 0 Å². The summed E-state index contributed by atoms with van der Waals surface area (Å²) in [5.41, 5.74) is 0.517. The fourth-order valence-electron chi connectivity index (χ4n) is 5.27. The summed E-state index contributed by atoms with van der Waals surface area (Å²) < 4.78 is 12.0. The lowest BCUT2D eigenvalue weighted by molar-refractivity contribution is -0.189. The lowest BCUT2D eigenvalue weighted by atomic mass is 9.75. The Balaban J connectivity index is 0.00000274. The van der Waals surface area contributed by atoms with Crippen LogP contribution in [0.3, 0.4) is 0 Å². The minimum atomic E-state index is -0.704. The molecule has 1 saturated carbocycles. The summed E-state index contributed by atoms with van der Waals surface area (Å²) in [6.07, 6.45) is 7.40. The first-order valence-electron chi connectivity index (χ1n) is 11.8. The van der Waals surface area contributed by atoms with Crippen LogP contribution in [0, 0.1) is 0 Å². The summed E-state index contributed by atoms with van der Waals surface area (Å²) in [5, 5.41) is 10.5. The van der Waals surface area contributed by atoms with Crippen LogP contribution < -0.4 is 0 Å². The number of piperidine rings is 1. The van der Waals surface area contributed by atoms with Gasteiger partial charge in [-0.2, -0.15) is 0 Å². The van der Waals surface area contributed by atoms with Gasteiger partial charge in [0, 0.05) is 52.7 Å². The third-order valence-electron chi connectivity index (χ3n) is 7.33. The third kappa shape index (κ3) is 4.53.